The molecule has 4 heterocycles. The molecule has 0 aliphatic carbocycles. The molecule has 1 fully saturated rings. The molecule has 0 saturated carbocycles. The van der Waals surface area contributed by atoms with E-state index in [1.54, 1.807) is 23.2 Å². The van der Waals surface area contributed by atoms with Crippen molar-refractivity contribution in [1.82, 2.24) is 25.5 Å². The maximum absolute atomic E-state index is 14.5. The number of fused-ring (bicyclic) bond motifs is 1. The number of aliphatic hydroxyl groups excluding tert-OH is 1. The Morgan fingerprint density at radius 2 is 2.19 bits per heavy atom. The Balaban J connectivity index is 1.74. The summed E-state index contributed by atoms with van der Waals surface area (Å²) < 4.78 is 29.0. The number of hydrogen-bond acceptors (Lipinski definition) is 6. The smallest absolute Gasteiger partial charge is 0.168 e. The van der Waals surface area contributed by atoms with E-state index in [4.69, 9.17) is 0 Å². The first-order valence-corrected chi connectivity index (χ1v) is 8.90. The molecule has 0 amide bonds. The fourth-order valence-electron chi connectivity index (χ4n) is 3.39. The van der Waals surface area contributed by atoms with Crippen LogP contribution in [0.25, 0.3) is 22.4 Å². The van der Waals surface area contributed by atoms with E-state index in [1.165, 1.54) is 0 Å². The first-order valence-electron chi connectivity index (χ1n) is 8.90. The minimum atomic E-state index is -0.784. The molecule has 3 N–H and O–H groups in total. The van der Waals surface area contributed by atoms with Gasteiger partial charge in [0.15, 0.2) is 23.1 Å². The Bertz CT molecular complexity index is 962. The van der Waals surface area contributed by atoms with Gasteiger partial charge in [0.05, 0.1) is 12.1 Å². The summed E-state index contributed by atoms with van der Waals surface area (Å²) in [5.41, 5.74) is 0.766. The van der Waals surface area contributed by atoms with Crippen LogP contribution in [0, 0.1) is 11.6 Å². The summed E-state index contributed by atoms with van der Waals surface area (Å²) in [7, 11) is 0. The Morgan fingerprint density at radius 3 is 3.00 bits per heavy atom. The van der Waals surface area contributed by atoms with Gasteiger partial charge in [0.1, 0.15) is 11.4 Å². The van der Waals surface area contributed by atoms with Crippen molar-refractivity contribution in [3.8, 4) is 11.4 Å². The normalized spacial score (nSPS) is 18.8. The molecule has 1 saturated heterocycles. The second-order valence-electron chi connectivity index (χ2n) is 6.58. The Kier molecular flexibility index (Phi) is 4.71. The number of aromatic nitrogens is 4. The van der Waals surface area contributed by atoms with Crippen LogP contribution in [0.1, 0.15) is 13.3 Å². The second kappa shape index (κ2) is 7.16. The number of halogens is 2. The molecule has 2 atom stereocenters. The highest BCUT2D eigenvalue weighted by Gasteiger charge is 2.28. The first kappa shape index (κ1) is 17.7. The zero-order chi connectivity index (χ0) is 19.0. The zero-order valence-corrected chi connectivity index (χ0v) is 14.8. The number of aliphatic hydroxyl groups is 1. The molecular weight excluding hydrogens is 354 g/mol. The van der Waals surface area contributed by atoms with Crippen molar-refractivity contribution >= 4 is 16.9 Å². The highest BCUT2D eigenvalue weighted by Crippen LogP contribution is 2.30. The van der Waals surface area contributed by atoms with Gasteiger partial charge in [-0.25, -0.2) is 18.7 Å². The van der Waals surface area contributed by atoms with E-state index in [-0.39, 0.29) is 23.2 Å². The van der Waals surface area contributed by atoms with Gasteiger partial charge in [-0.1, -0.05) is 6.92 Å². The summed E-state index contributed by atoms with van der Waals surface area (Å²) in [5.74, 6) is -1.46. The molecule has 4 rings (SSSR count). The molecule has 0 aromatic carbocycles. The standard InChI is InChI=1S/C18H20F2N6O/c1-2-14(27)13-9-26(7-6-21-13)18-12(20)8-11(19)16(23-18)15-10-4-3-5-22-17(10)25-24-15/h3-5,8,13-14,21,27H,2,6-7,9H2,1H3,(H,22,24,25)/t13-,14-/m0/s1. The van der Waals surface area contributed by atoms with Crippen LogP contribution in [-0.2, 0) is 0 Å². The Labute approximate surface area is 154 Å². The van der Waals surface area contributed by atoms with Gasteiger partial charge in [-0.05, 0) is 18.6 Å². The molecule has 0 spiro atoms. The van der Waals surface area contributed by atoms with Crippen molar-refractivity contribution in [1.29, 1.82) is 0 Å². The lowest BCUT2D eigenvalue weighted by molar-refractivity contribution is 0.120. The van der Waals surface area contributed by atoms with Gasteiger partial charge in [-0.3, -0.25) is 5.10 Å². The van der Waals surface area contributed by atoms with Gasteiger partial charge in [0.25, 0.3) is 0 Å². The van der Waals surface area contributed by atoms with Crippen LogP contribution in [0.4, 0.5) is 14.6 Å². The predicted octanol–water partition coefficient (Wildman–Crippen LogP) is 1.85. The van der Waals surface area contributed by atoms with E-state index < -0.39 is 17.7 Å². The fourth-order valence-corrected chi connectivity index (χ4v) is 3.39. The van der Waals surface area contributed by atoms with Crippen molar-refractivity contribution in [3.63, 3.8) is 0 Å². The average molecular weight is 374 g/mol. The van der Waals surface area contributed by atoms with Crippen molar-refractivity contribution in [2.24, 2.45) is 0 Å². The number of piperazine rings is 1. The second-order valence-corrected chi connectivity index (χ2v) is 6.58. The van der Waals surface area contributed by atoms with Gasteiger partial charge in [-0.2, -0.15) is 5.10 Å². The van der Waals surface area contributed by atoms with Crippen molar-refractivity contribution in [2.75, 3.05) is 24.5 Å². The highest BCUT2D eigenvalue weighted by atomic mass is 19.1. The molecule has 3 aromatic rings. The monoisotopic (exact) mass is 374 g/mol. The molecule has 27 heavy (non-hydrogen) atoms. The van der Waals surface area contributed by atoms with Gasteiger partial charge in [0.2, 0.25) is 0 Å². The van der Waals surface area contributed by atoms with Gasteiger partial charge >= 0.3 is 0 Å². The third-order valence-electron chi connectivity index (χ3n) is 4.86. The number of nitrogens with zero attached hydrogens (tertiary/aromatic N) is 4. The summed E-state index contributed by atoms with van der Waals surface area (Å²) in [5, 5.41) is 20.8. The SMILES string of the molecule is CC[C@H](O)[C@@H]1CN(c2nc(-c3n[nH]c4ncccc34)c(F)cc2F)CCN1. The molecule has 9 heteroatoms. The lowest BCUT2D eigenvalue weighted by Gasteiger charge is -2.36. The molecule has 1 aliphatic rings. The van der Waals surface area contributed by atoms with Crippen LogP contribution in [0.15, 0.2) is 24.4 Å². The Hall–Kier alpha value is -2.65. The summed E-state index contributed by atoms with van der Waals surface area (Å²) in [4.78, 5) is 10.1. The Morgan fingerprint density at radius 1 is 1.33 bits per heavy atom. The van der Waals surface area contributed by atoms with Crippen LogP contribution in [0.5, 0.6) is 0 Å². The van der Waals surface area contributed by atoms with Gasteiger partial charge in [-0.15, -0.1) is 0 Å². The average Bonchev–Trinajstić information content (AvgIpc) is 3.11. The van der Waals surface area contributed by atoms with E-state index in [2.05, 4.69) is 25.5 Å². The molecular formula is C18H20F2N6O. The molecule has 142 valence electrons. The lowest BCUT2D eigenvalue weighted by atomic mass is 10.1. The zero-order valence-electron chi connectivity index (χ0n) is 14.8. The fraction of sp³-hybridized carbons (Fsp3) is 0.389. The molecule has 3 aromatic heterocycles. The van der Waals surface area contributed by atoms with E-state index in [9.17, 15) is 13.9 Å². The summed E-state index contributed by atoms with van der Waals surface area (Å²) in [6.45, 7) is 3.35. The quantitative estimate of drug-likeness (QED) is 0.646. The van der Waals surface area contributed by atoms with Crippen LogP contribution >= 0.6 is 0 Å². The lowest BCUT2D eigenvalue weighted by Crippen LogP contribution is -2.56. The maximum atomic E-state index is 14.5. The number of aromatic amines is 1. The first-order chi connectivity index (χ1) is 13.1. The van der Waals surface area contributed by atoms with Gasteiger partial charge < -0.3 is 15.3 Å². The highest BCUT2D eigenvalue weighted by molar-refractivity contribution is 5.89. The minimum absolute atomic E-state index is 0.0308. The third kappa shape index (κ3) is 3.24. The molecule has 0 bridgehead atoms. The number of pyridine rings is 2. The summed E-state index contributed by atoms with van der Waals surface area (Å²) >= 11 is 0. The van der Waals surface area contributed by atoms with Crippen LogP contribution in [0.3, 0.4) is 0 Å². The number of rotatable bonds is 4. The number of anilines is 1. The van der Waals surface area contributed by atoms with Crippen molar-refractivity contribution in [3.05, 3.63) is 36.0 Å². The van der Waals surface area contributed by atoms with Crippen molar-refractivity contribution < 1.29 is 13.9 Å². The van der Waals surface area contributed by atoms with Crippen molar-refractivity contribution in [2.45, 2.75) is 25.5 Å². The molecule has 1 aliphatic heterocycles. The van der Waals surface area contributed by atoms with E-state index >= 15 is 0 Å². The predicted molar refractivity (Wildman–Crippen MR) is 97.3 cm³/mol. The topological polar surface area (TPSA) is 90.0 Å². The molecule has 0 radical (unpaired) electrons. The number of nitrogens with one attached hydrogen (secondary N) is 2. The van der Waals surface area contributed by atoms with Crippen LogP contribution < -0.4 is 10.2 Å². The molecule has 7 nitrogen and oxygen atoms in total. The summed E-state index contributed by atoms with van der Waals surface area (Å²) in [6.07, 6.45) is 1.64. The largest absolute Gasteiger partial charge is 0.391 e. The summed E-state index contributed by atoms with van der Waals surface area (Å²) in [6, 6.07) is 4.11. The van der Waals surface area contributed by atoms with Crippen LogP contribution in [0.2, 0.25) is 0 Å². The van der Waals surface area contributed by atoms with Crippen LogP contribution in [-0.4, -0.2) is 57.1 Å². The molecule has 0 unspecified atom stereocenters. The number of hydrogen-bond donors (Lipinski definition) is 3. The third-order valence-corrected chi connectivity index (χ3v) is 4.86. The van der Waals surface area contributed by atoms with Gasteiger partial charge in [0, 0.05) is 37.3 Å². The van der Waals surface area contributed by atoms with E-state index in [0.29, 0.717) is 37.1 Å². The number of H-pyrrole nitrogens is 1. The minimum Gasteiger partial charge on any atom is -0.391 e. The maximum Gasteiger partial charge on any atom is 0.168 e. The van der Waals surface area contributed by atoms with E-state index in [1.807, 2.05) is 6.92 Å². The van der Waals surface area contributed by atoms with E-state index in [0.717, 1.165) is 6.07 Å².